The third kappa shape index (κ3) is 2.69. The van der Waals surface area contributed by atoms with E-state index in [1.165, 1.54) is 18.9 Å². The first-order chi connectivity index (χ1) is 9.19. The minimum absolute atomic E-state index is 0.247. The Kier molecular flexibility index (Phi) is 3.62. The third-order valence-electron chi connectivity index (χ3n) is 3.45. The van der Waals surface area contributed by atoms with E-state index >= 15 is 0 Å². The van der Waals surface area contributed by atoms with Gasteiger partial charge in [-0.2, -0.15) is 5.10 Å². The van der Waals surface area contributed by atoms with Crippen LogP contribution in [0.15, 0.2) is 23.3 Å². The van der Waals surface area contributed by atoms with Crippen molar-refractivity contribution in [3.63, 3.8) is 0 Å². The second kappa shape index (κ2) is 5.24. The molecule has 0 saturated heterocycles. The molecule has 0 aromatic heterocycles. The van der Waals surface area contributed by atoms with Gasteiger partial charge < -0.3 is 5.73 Å². The Morgan fingerprint density at radius 3 is 2.79 bits per heavy atom. The summed E-state index contributed by atoms with van der Waals surface area (Å²) in [6, 6.07) is 5.13. The van der Waals surface area contributed by atoms with Gasteiger partial charge in [0.05, 0.1) is 35.1 Å². The molecule has 1 heterocycles. The van der Waals surface area contributed by atoms with E-state index < -0.39 is 0 Å². The zero-order valence-electron chi connectivity index (χ0n) is 10.5. The summed E-state index contributed by atoms with van der Waals surface area (Å²) in [5.41, 5.74) is 6.87. The molecule has 0 unspecified atom stereocenters. The summed E-state index contributed by atoms with van der Waals surface area (Å²) in [4.78, 5) is 0. The molecule has 1 aliphatic heterocycles. The van der Waals surface area contributed by atoms with Gasteiger partial charge in [-0.05, 0) is 30.5 Å². The van der Waals surface area contributed by atoms with Crippen molar-refractivity contribution >= 4 is 34.4 Å². The largest absolute Gasteiger partial charge is 0.326 e. The number of nitrogens with zero attached hydrogens (tertiary/aromatic N) is 3. The van der Waals surface area contributed by atoms with E-state index in [0.717, 1.165) is 17.9 Å². The van der Waals surface area contributed by atoms with Crippen LogP contribution in [0.25, 0.3) is 0 Å². The fourth-order valence-electron chi connectivity index (χ4n) is 2.20. The summed E-state index contributed by atoms with van der Waals surface area (Å²) in [5, 5.41) is 6.38. The molecule has 1 saturated carbocycles. The Labute approximate surface area is 125 Å². The number of rotatable bonds is 3. The molecule has 19 heavy (non-hydrogen) atoms. The molecule has 0 bridgehead atoms. The quantitative estimate of drug-likeness (QED) is 0.653. The fourth-order valence-corrected chi connectivity index (χ4v) is 2.91. The average Bonchev–Trinajstić information content (AvgIpc) is 3.24. The van der Waals surface area contributed by atoms with Crippen molar-refractivity contribution in [3.05, 3.63) is 29.6 Å². The van der Waals surface area contributed by atoms with Crippen molar-refractivity contribution in [2.45, 2.75) is 19.4 Å². The Bertz CT molecular complexity index is 515. The lowest BCUT2D eigenvalue weighted by molar-refractivity contribution is 0.585. The Morgan fingerprint density at radius 1 is 1.37 bits per heavy atom. The lowest BCUT2D eigenvalue weighted by Crippen LogP contribution is -2.39. The molecule has 0 amide bonds. The van der Waals surface area contributed by atoms with E-state index in [2.05, 4.69) is 31.1 Å². The van der Waals surface area contributed by atoms with Crippen LogP contribution in [0.2, 0.25) is 0 Å². The minimum atomic E-state index is -0.247. The number of hydrogen-bond donors (Lipinski definition) is 1. The van der Waals surface area contributed by atoms with Gasteiger partial charge in [0.25, 0.3) is 0 Å². The summed E-state index contributed by atoms with van der Waals surface area (Å²) < 4.78 is 16.2. The molecular weight excluding hydrogens is 358 g/mol. The molecule has 1 aromatic rings. The van der Waals surface area contributed by atoms with Gasteiger partial charge in [0, 0.05) is 19.0 Å². The normalized spacial score (nSPS) is 19.6. The highest BCUT2D eigenvalue weighted by Gasteiger charge is 2.34. The van der Waals surface area contributed by atoms with Gasteiger partial charge in [0.1, 0.15) is 11.7 Å². The van der Waals surface area contributed by atoms with Crippen LogP contribution < -0.4 is 10.7 Å². The highest BCUT2D eigenvalue weighted by atomic mass is 127. The first-order valence-electron chi connectivity index (χ1n) is 6.47. The van der Waals surface area contributed by atoms with Crippen LogP contribution in [-0.4, -0.2) is 22.0 Å². The van der Waals surface area contributed by atoms with Gasteiger partial charge in [0.15, 0.2) is 0 Å². The van der Waals surface area contributed by atoms with Crippen LogP contribution in [0.4, 0.5) is 10.1 Å². The van der Waals surface area contributed by atoms with Crippen molar-refractivity contribution in [3.8, 4) is 0 Å². The van der Waals surface area contributed by atoms with E-state index in [1.54, 1.807) is 11.1 Å². The van der Waals surface area contributed by atoms with Gasteiger partial charge in [-0.25, -0.2) is 4.39 Å². The Balaban J connectivity index is 1.89. The van der Waals surface area contributed by atoms with Crippen LogP contribution >= 0.6 is 22.9 Å². The number of hydrazone groups is 1. The summed E-state index contributed by atoms with van der Waals surface area (Å²) in [6.45, 7) is 1.93. The van der Waals surface area contributed by atoms with E-state index in [-0.39, 0.29) is 5.82 Å². The molecule has 3 rings (SSSR count). The monoisotopic (exact) mass is 374 g/mol. The van der Waals surface area contributed by atoms with Crippen LogP contribution in [0.5, 0.6) is 0 Å². The first-order valence-corrected chi connectivity index (χ1v) is 7.43. The summed E-state index contributed by atoms with van der Waals surface area (Å²) in [6.07, 6.45) is 2.39. The van der Waals surface area contributed by atoms with Crippen molar-refractivity contribution in [1.29, 1.82) is 0 Å². The molecular formula is C13H16FIN4. The van der Waals surface area contributed by atoms with Crippen LogP contribution in [0.3, 0.4) is 0 Å². The molecule has 6 heteroatoms. The number of halogens is 2. The lowest BCUT2D eigenvalue weighted by atomic mass is 10.2. The van der Waals surface area contributed by atoms with Crippen LogP contribution in [-0.2, 0) is 6.54 Å². The molecule has 2 aliphatic rings. The Morgan fingerprint density at radius 2 is 2.16 bits per heavy atom. The standard InChI is InChI=1S/C13H16FIN4/c14-11-7-9(8-16)1-4-12(11)19-6-5-18(15)13(17-19)10-2-3-10/h1,4,7,10H,2-3,5-6,8,16H2. The zero-order valence-corrected chi connectivity index (χ0v) is 12.7. The number of benzene rings is 1. The predicted octanol–water partition coefficient (Wildman–Crippen LogP) is 2.48. The SMILES string of the molecule is NCc1ccc(N2CCN(I)C(C3CC3)=N2)c(F)c1. The molecule has 0 radical (unpaired) electrons. The highest BCUT2D eigenvalue weighted by Crippen LogP contribution is 2.35. The molecule has 0 spiro atoms. The topological polar surface area (TPSA) is 44.9 Å². The first kappa shape index (κ1) is 13.1. The maximum Gasteiger partial charge on any atom is 0.148 e. The molecule has 4 nitrogen and oxygen atoms in total. The molecule has 1 aromatic carbocycles. The molecule has 2 N–H and O–H groups in total. The van der Waals surface area contributed by atoms with Crippen LogP contribution in [0.1, 0.15) is 18.4 Å². The summed E-state index contributed by atoms with van der Waals surface area (Å²) in [7, 11) is 0. The minimum Gasteiger partial charge on any atom is -0.326 e. The van der Waals surface area contributed by atoms with Crippen molar-refractivity contribution < 1.29 is 4.39 Å². The molecule has 1 aliphatic carbocycles. The fraction of sp³-hybridized carbons (Fsp3) is 0.462. The van der Waals surface area contributed by atoms with Gasteiger partial charge in [-0.1, -0.05) is 6.07 Å². The molecule has 102 valence electrons. The second-order valence-electron chi connectivity index (χ2n) is 4.93. The van der Waals surface area contributed by atoms with Gasteiger partial charge in [-0.15, -0.1) is 0 Å². The second-order valence-corrected chi connectivity index (χ2v) is 6.10. The average molecular weight is 374 g/mol. The van der Waals surface area contributed by atoms with Crippen LogP contribution in [0, 0.1) is 11.7 Å². The highest BCUT2D eigenvalue weighted by molar-refractivity contribution is 14.1. The lowest BCUT2D eigenvalue weighted by Gasteiger charge is -2.31. The Hall–Kier alpha value is -0.890. The number of nitrogens with two attached hydrogens (primary N) is 1. The summed E-state index contributed by atoms with van der Waals surface area (Å²) >= 11 is 2.29. The van der Waals surface area contributed by atoms with Crippen molar-refractivity contribution in [2.75, 3.05) is 18.1 Å². The van der Waals surface area contributed by atoms with E-state index in [9.17, 15) is 4.39 Å². The van der Waals surface area contributed by atoms with E-state index in [4.69, 9.17) is 5.73 Å². The van der Waals surface area contributed by atoms with Crippen molar-refractivity contribution in [1.82, 2.24) is 3.11 Å². The number of anilines is 1. The number of hydrogen-bond acceptors (Lipinski definition) is 4. The maximum absolute atomic E-state index is 14.1. The zero-order chi connectivity index (χ0) is 13.4. The molecule has 1 fully saturated rings. The van der Waals surface area contributed by atoms with Gasteiger partial charge in [-0.3, -0.25) is 8.12 Å². The van der Waals surface area contributed by atoms with Gasteiger partial charge >= 0.3 is 0 Å². The van der Waals surface area contributed by atoms with E-state index in [1.807, 2.05) is 6.07 Å². The van der Waals surface area contributed by atoms with Crippen molar-refractivity contribution in [2.24, 2.45) is 16.8 Å². The predicted molar refractivity (Wildman–Crippen MR) is 82.5 cm³/mol. The summed E-state index contributed by atoms with van der Waals surface area (Å²) in [5.74, 6) is 1.39. The van der Waals surface area contributed by atoms with Gasteiger partial charge in [0.2, 0.25) is 0 Å². The van der Waals surface area contributed by atoms with E-state index in [0.29, 0.717) is 24.7 Å². The third-order valence-corrected chi connectivity index (χ3v) is 4.42. The smallest absolute Gasteiger partial charge is 0.148 e. The molecule has 0 atom stereocenters. The number of amidine groups is 1. The maximum atomic E-state index is 14.1.